The van der Waals surface area contributed by atoms with E-state index in [0.29, 0.717) is 5.41 Å². The van der Waals surface area contributed by atoms with Gasteiger partial charge in [0, 0.05) is 5.41 Å². The maximum Gasteiger partial charge on any atom is 0.0822 e. The molecule has 1 fully saturated rings. The number of halogens is 1. The summed E-state index contributed by atoms with van der Waals surface area (Å²) >= 11 is 0. The predicted molar refractivity (Wildman–Crippen MR) is 89.9 cm³/mol. The minimum Gasteiger partial charge on any atom is -1.00 e. The second-order valence-corrected chi connectivity index (χ2v) is 8.12. The molecule has 2 aliphatic rings. The summed E-state index contributed by atoms with van der Waals surface area (Å²) < 4.78 is 0. The topological polar surface area (TPSA) is 4.44 Å². The SMILES string of the molecule is CC1(C)CCC[NH+](CCCC2CCCc3ccccc32)C1.[Cl-]. The fourth-order valence-corrected chi connectivity index (χ4v) is 4.64. The standard InChI is InChI=1S/C20H31N.ClH/c1-20(2)13-7-15-21(16-20)14-6-11-18-10-5-9-17-8-3-4-12-19(17)18;/h3-4,8,12,18H,5-7,9-11,13-16H2,1-2H3;1H. The molecule has 2 heteroatoms. The van der Waals surface area contributed by atoms with Crippen molar-refractivity contribution in [1.82, 2.24) is 0 Å². The van der Waals surface area contributed by atoms with E-state index < -0.39 is 0 Å². The quantitative estimate of drug-likeness (QED) is 0.828. The first-order valence-electron chi connectivity index (χ1n) is 9.05. The number of nitrogens with one attached hydrogen (secondary N) is 1. The number of fused-ring (bicyclic) bond motifs is 1. The van der Waals surface area contributed by atoms with E-state index in [0.717, 1.165) is 5.92 Å². The molecule has 0 amide bonds. The molecule has 2 unspecified atom stereocenters. The van der Waals surface area contributed by atoms with E-state index in [9.17, 15) is 0 Å². The van der Waals surface area contributed by atoms with Crippen LogP contribution in [0.3, 0.4) is 0 Å². The first-order chi connectivity index (χ1) is 10.1. The molecule has 0 bridgehead atoms. The van der Waals surface area contributed by atoms with E-state index in [1.54, 1.807) is 11.1 Å². The highest BCUT2D eigenvalue weighted by Gasteiger charge is 2.29. The van der Waals surface area contributed by atoms with Crippen molar-refractivity contribution in [1.29, 1.82) is 0 Å². The maximum absolute atomic E-state index is 2.45. The molecule has 0 spiro atoms. The maximum atomic E-state index is 2.45. The number of hydrogen-bond donors (Lipinski definition) is 1. The predicted octanol–water partition coefficient (Wildman–Crippen LogP) is 0.596. The molecule has 0 radical (unpaired) electrons. The van der Waals surface area contributed by atoms with Gasteiger partial charge in [0.1, 0.15) is 0 Å². The lowest BCUT2D eigenvalue weighted by atomic mass is 9.80. The monoisotopic (exact) mass is 321 g/mol. The van der Waals surface area contributed by atoms with Gasteiger partial charge in [-0.25, -0.2) is 0 Å². The van der Waals surface area contributed by atoms with Crippen molar-refractivity contribution in [2.24, 2.45) is 5.41 Å². The second-order valence-electron chi connectivity index (χ2n) is 8.12. The molecule has 1 heterocycles. The number of aryl methyl sites for hydroxylation is 1. The van der Waals surface area contributed by atoms with Gasteiger partial charge in [-0.15, -0.1) is 0 Å². The number of quaternary nitrogens is 1. The molecule has 1 aromatic carbocycles. The molecule has 0 aromatic heterocycles. The number of piperidine rings is 1. The average Bonchev–Trinajstić information content (AvgIpc) is 2.46. The summed E-state index contributed by atoms with van der Waals surface area (Å²) in [4.78, 5) is 1.86. The third-order valence-electron chi connectivity index (χ3n) is 5.69. The molecule has 124 valence electrons. The van der Waals surface area contributed by atoms with Gasteiger partial charge in [0.25, 0.3) is 0 Å². The van der Waals surface area contributed by atoms with E-state index in [4.69, 9.17) is 0 Å². The van der Waals surface area contributed by atoms with E-state index in [2.05, 4.69) is 38.1 Å². The summed E-state index contributed by atoms with van der Waals surface area (Å²) in [6.07, 6.45) is 9.77. The van der Waals surface area contributed by atoms with Crippen molar-refractivity contribution >= 4 is 0 Å². The second kappa shape index (κ2) is 7.84. The van der Waals surface area contributed by atoms with Gasteiger partial charge in [-0.05, 0) is 62.0 Å². The smallest absolute Gasteiger partial charge is 0.0822 e. The molecule has 3 rings (SSSR count). The Morgan fingerprint density at radius 2 is 2.00 bits per heavy atom. The van der Waals surface area contributed by atoms with Crippen LogP contribution in [0.15, 0.2) is 24.3 Å². The van der Waals surface area contributed by atoms with E-state index in [1.165, 1.54) is 64.6 Å². The molecule has 0 saturated carbocycles. The van der Waals surface area contributed by atoms with Gasteiger partial charge in [0.15, 0.2) is 0 Å². The zero-order valence-electron chi connectivity index (χ0n) is 14.3. The van der Waals surface area contributed by atoms with Crippen LogP contribution in [0.4, 0.5) is 0 Å². The van der Waals surface area contributed by atoms with E-state index in [1.807, 2.05) is 4.90 Å². The first-order valence-corrected chi connectivity index (χ1v) is 9.05. The summed E-state index contributed by atoms with van der Waals surface area (Å²) in [5.74, 6) is 0.840. The number of likely N-dealkylation sites (tertiary alicyclic amines) is 1. The fourth-order valence-electron chi connectivity index (χ4n) is 4.64. The van der Waals surface area contributed by atoms with E-state index >= 15 is 0 Å². The van der Waals surface area contributed by atoms with Gasteiger partial charge >= 0.3 is 0 Å². The third kappa shape index (κ3) is 4.49. The highest BCUT2D eigenvalue weighted by molar-refractivity contribution is 5.32. The molecule has 1 aliphatic carbocycles. The molecular formula is C20H32ClN. The Hall–Kier alpha value is -0.530. The lowest BCUT2D eigenvalue weighted by Crippen LogP contribution is -3.14. The zero-order chi connectivity index (χ0) is 14.7. The molecule has 2 atom stereocenters. The van der Waals surface area contributed by atoms with Gasteiger partial charge < -0.3 is 17.3 Å². The molecule has 1 N–H and O–H groups in total. The summed E-state index contributed by atoms with van der Waals surface area (Å²) in [6.45, 7) is 9.08. The normalized spacial score (nSPS) is 26.8. The first kappa shape index (κ1) is 17.8. The van der Waals surface area contributed by atoms with Gasteiger partial charge in [-0.3, -0.25) is 0 Å². The Balaban J connectivity index is 0.00000176. The van der Waals surface area contributed by atoms with Crippen LogP contribution in [-0.2, 0) is 6.42 Å². The Morgan fingerprint density at radius 1 is 1.18 bits per heavy atom. The van der Waals surface area contributed by atoms with Crippen LogP contribution in [-0.4, -0.2) is 19.6 Å². The van der Waals surface area contributed by atoms with Crippen molar-refractivity contribution in [3.63, 3.8) is 0 Å². The van der Waals surface area contributed by atoms with Crippen molar-refractivity contribution in [2.75, 3.05) is 19.6 Å². The average molecular weight is 322 g/mol. The highest BCUT2D eigenvalue weighted by Crippen LogP contribution is 2.34. The lowest BCUT2D eigenvalue weighted by Gasteiger charge is -2.35. The molecule has 1 aromatic rings. The fraction of sp³-hybridized carbons (Fsp3) is 0.700. The summed E-state index contributed by atoms with van der Waals surface area (Å²) in [5, 5.41) is 0. The van der Waals surface area contributed by atoms with Crippen LogP contribution in [0.25, 0.3) is 0 Å². The van der Waals surface area contributed by atoms with Gasteiger partial charge in [-0.2, -0.15) is 0 Å². The minimum atomic E-state index is 0. The number of benzene rings is 1. The largest absolute Gasteiger partial charge is 1.00 e. The van der Waals surface area contributed by atoms with Crippen LogP contribution < -0.4 is 17.3 Å². The molecule has 1 aliphatic heterocycles. The van der Waals surface area contributed by atoms with Crippen molar-refractivity contribution in [3.05, 3.63) is 35.4 Å². The number of hydrogen-bond acceptors (Lipinski definition) is 0. The lowest BCUT2D eigenvalue weighted by molar-refractivity contribution is -0.912. The molecule has 22 heavy (non-hydrogen) atoms. The summed E-state index contributed by atoms with van der Waals surface area (Å²) in [6, 6.07) is 9.17. The molecule has 1 nitrogen and oxygen atoms in total. The van der Waals surface area contributed by atoms with Crippen LogP contribution in [0.5, 0.6) is 0 Å². The van der Waals surface area contributed by atoms with Crippen LogP contribution in [0.1, 0.15) is 69.4 Å². The van der Waals surface area contributed by atoms with Crippen molar-refractivity contribution in [2.45, 2.75) is 64.7 Å². The minimum absolute atomic E-state index is 0. The summed E-state index contributed by atoms with van der Waals surface area (Å²) in [5.41, 5.74) is 3.86. The van der Waals surface area contributed by atoms with Gasteiger partial charge in [0.05, 0.1) is 19.6 Å². The highest BCUT2D eigenvalue weighted by atomic mass is 35.5. The third-order valence-corrected chi connectivity index (χ3v) is 5.69. The van der Waals surface area contributed by atoms with Gasteiger partial charge in [-0.1, -0.05) is 38.1 Å². The van der Waals surface area contributed by atoms with Crippen molar-refractivity contribution < 1.29 is 17.3 Å². The van der Waals surface area contributed by atoms with Crippen LogP contribution >= 0.6 is 0 Å². The molecular weight excluding hydrogens is 290 g/mol. The Kier molecular flexibility index (Phi) is 6.35. The Morgan fingerprint density at radius 3 is 2.82 bits per heavy atom. The zero-order valence-corrected chi connectivity index (χ0v) is 15.1. The number of rotatable bonds is 4. The van der Waals surface area contributed by atoms with Crippen molar-refractivity contribution in [3.8, 4) is 0 Å². The Labute approximate surface area is 142 Å². The Bertz CT molecular complexity index is 469. The van der Waals surface area contributed by atoms with Gasteiger partial charge in [0.2, 0.25) is 0 Å². The van der Waals surface area contributed by atoms with E-state index in [-0.39, 0.29) is 12.4 Å². The van der Waals surface area contributed by atoms with Crippen LogP contribution in [0.2, 0.25) is 0 Å². The van der Waals surface area contributed by atoms with Crippen LogP contribution in [0, 0.1) is 5.41 Å². The summed E-state index contributed by atoms with van der Waals surface area (Å²) in [7, 11) is 0. The molecule has 1 saturated heterocycles.